The van der Waals surface area contributed by atoms with Crippen molar-refractivity contribution in [2.45, 2.75) is 26.3 Å². The number of benzene rings is 2. The number of nitrogens with one attached hydrogen (secondary N) is 1. The van der Waals surface area contributed by atoms with Crippen LogP contribution in [0, 0.1) is 12.8 Å². The van der Waals surface area contributed by atoms with Gasteiger partial charge in [0, 0.05) is 28.3 Å². The molecule has 0 spiro atoms. The summed E-state index contributed by atoms with van der Waals surface area (Å²) < 4.78 is 1.09. The van der Waals surface area contributed by atoms with E-state index in [2.05, 4.69) is 50.4 Å². The number of anilines is 1. The van der Waals surface area contributed by atoms with Crippen molar-refractivity contribution in [3.8, 4) is 0 Å². The maximum absolute atomic E-state index is 12.7. The standard InChI is InChI=1S/C20H22BrClN2O/c1-14-11-18(22)8-9-19(14)23-20(25)16-3-2-10-24(13-16)12-15-4-6-17(21)7-5-15/h4-9,11,16H,2-3,10,12-13H2,1H3,(H,23,25). The summed E-state index contributed by atoms with van der Waals surface area (Å²) in [5.41, 5.74) is 3.11. The SMILES string of the molecule is Cc1cc(Cl)ccc1NC(=O)C1CCCN(Cc2ccc(Br)cc2)C1. The quantitative estimate of drug-likeness (QED) is 0.730. The Balaban J connectivity index is 1.60. The fourth-order valence-corrected chi connectivity index (χ4v) is 3.75. The van der Waals surface area contributed by atoms with E-state index in [1.165, 1.54) is 5.56 Å². The van der Waals surface area contributed by atoms with E-state index in [4.69, 9.17) is 11.6 Å². The van der Waals surface area contributed by atoms with Crippen LogP contribution >= 0.6 is 27.5 Å². The zero-order chi connectivity index (χ0) is 17.8. The molecular weight excluding hydrogens is 400 g/mol. The van der Waals surface area contributed by atoms with Gasteiger partial charge in [0.15, 0.2) is 0 Å². The molecule has 2 aromatic carbocycles. The third-order valence-electron chi connectivity index (χ3n) is 4.64. The molecule has 3 rings (SSSR count). The molecule has 1 atom stereocenters. The van der Waals surface area contributed by atoms with Crippen LogP contribution in [0.2, 0.25) is 5.02 Å². The lowest BCUT2D eigenvalue weighted by Gasteiger charge is -2.32. The zero-order valence-electron chi connectivity index (χ0n) is 14.3. The van der Waals surface area contributed by atoms with Gasteiger partial charge < -0.3 is 5.32 Å². The highest BCUT2D eigenvalue weighted by molar-refractivity contribution is 9.10. The molecule has 2 aromatic rings. The van der Waals surface area contributed by atoms with Crippen molar-refractivity contribution in [3.05, 3.63) is 63.1 Å². The number of halogens is 2. The highest BCUT2D eigenvalue weighted by Crippen LogP contribution is 2.24. The molecule has 0 radical (unpaired) electrons. The summed E-state index contributed by atoms with van der Waals surface area (Å²) in [6.07, 6.45) is 1.99. The van der Waals surface area contributed by atoms with Crippen LogP contribution in [-0.4, -0.2) is 23.9 Å². The van der Waals surface area contributed by atoms with Gasteiger partial charge in [0.25, 0.3) is 0 Å². The summed E-state index contributed by atoms with van der Waals surface area (Å²) in [6, 6.07) is 13.9. The largest absolute Gasteiger partial charge is 0.326 e. The second-order valence-corrected chi connectivity index (χ2v) is 8.00. The van der Waals surface area contributed by atoms with Crippen LogP contribution in [-0.2, 0) is 11.3 Å². The smallest absolute Gasteiger partial charge is 0.228 e. The molecule has 1 aliphatic rings. The molecule has 1 saturated heterocycles. The van der Waals surface area contributed by atoms with Crippen molar-refractivity contribution < 1.29 is 4.79 Å². The molecule has 1 N–H and O–H groups in total. The van der Waals surface area contributed by atoms with Crippen LogP contribution in [0.5, 0.6) is 0 Å². The number of hydrogen-bond donors (Lipinski definition) is 1. The monoisotopic (exact) mass is 420 g/mol. The Bertz CT molecular complexity index is 748. The molecule has 0 aliphatic carbocycles. The zero-order valence-corrected chi connectivity index (χ0v) is 16.6. The normalized spacial score (nSPS) is 18.1. The molecule has 0 saturated carbocycles. The van der Waals surface area contributed by atoms with E-state index < -0.39 is 0 Å². The number of rotatable bonds is 4. The number of likely N-dealkylation sites (tertiary alicyclic amines) is 1. The van der Waals surface area contributed by atoms with E-state index in [1.54, 1.807) is 0 Å². The number of carbonyl (C=O) groups is 1. The first-order valence-electron chi connectivity index (χ1n) is 8.55. The Hall–Kier alpha value is -1.36. The first-order chi connectivity index (χ1) is 12.0. The fourth-order valence-electron chi connectivity index (χ4n) is 3.26. The number of nitrogens with zero attached hydrogens (tertiary/aromatic N) is 1. The van der Waals surface area contributed by atoms with Crippen molar-refractivity contribution in [2.24, 2.45) is 5.92 Å². The molecular formula is C20H22BrClN2O. The van der Waals surface area contributed by atoms with Gasteiger partial charge in [0.2, 0.25) is 5.91 Å². The summed E-state index contributed by atoms with van der Waals surface area (Å²) in [5.74, 6) is 0.130. The lowest BCUT2D eigenvalue weighted by Crippen LogP contribution is -2.40. The Morgan fingerprint density at radius 3 is 2.76 bits per heavy atom. The Morgan fingerprint density at radius 2 is 2.04 bits per heavy atom. The van der Waals surface area contributed by atoms with Gasteiger partial charge in [-0.1, -0.05) is 39.7 Å². The lowest BCUT2D eigenvalue weighted by molar-refractivity contribution is -0.121. The van der Waals surface area contributed by atoms with Crippen LogP contribution in [0.1, 0.15) is 24.0 Å². The number of piperidine rings is 1. The highest BCUT2D eigenvalue weighted by atomic mass is 79.9. The minimum Gasteiger partial charge on any atom is -0.326 e. The molecule has 3 nitrogen and oxygen atoms in total. The first kappa shape index (κ1) is 18.4. The molecule has 1 heterocycles. The number of carbonyl (C=O) groups excluding carboxylic acids is 1. The predicted octanol–water partition coefficient (Wildman–Crippen LogP) is 5.26. The Morgan fingerprint density at radius 1 is 1.28 bits per heavy atom. The lowest BCUT2D eigenvalue weighted by atomic mass is 9.96. The van der Waals surface area contributed by atoms with Gasteiger partial charge in [-0.2, -0.15) is 0 Å². The van der Waals surface area contributed by atoms with Crippen LogP contribution in [0.15, 0.2) is 46.9 Å². The van der Waals surface area contributed by atoms with E-state index in [0.717, 1.165) is 48.2 Å². The molecule has 25 heavy (non-hydrogen) atoms. The highest BCUT2D eigenvalue weighted by Gasteiger charge is 2.26. The van der Waals surface area contributed by atoms with Gasteiger partial charge >= 0.3 is 0 Å². The van der Waals surface area contributed by atoms with Crippen LogP contribution in [0.25, 0.3) is 0 Å². The van der Waals surface area contributed by atoms with E-state index in [9.17, 15) is 4.79 Å². The molecule has 0 bridgehead atoms. The van der Waals surface area contributed by atoms with Crippen molar-refractivity contribution in [3.63, 3.8) is 0 Å². The van der Waals surface area contributed by atoms with Gasteiger partial charge in [-0.25, -0.2) is 0 Å². The van der Waals surface area contributed by atoms with Gasteiger partial charge in [-0.3, -0.25) is 9.69 Å². The minimum absolute atomic E-state index is 0.0271. The third-order valence-corrected chi connectivity index (χ3v) is 5.41. The second kappa shape index (κ2) is 8.35. The summed E-state index contributed by atoms with van der Waals surface area (Å²) >= 11 is 9.45. The van der Waals surface area contributed by atoms with E-state index >= 15 is 0 Å². The summed E-state index contributed by atoms with van der Waals surface area (Å²) in [5, 5.41) is 3.76. The molecule has 1 aliphatic heterocycles. The second-order valence-electron chi connectivity index (χ2n) is 6.65. The molecule has 1 fully saturated rings. The topological polar surface area (TPSA) is 32.3 Å². The van der Waals surface area contributed by atoms with Gasteiger partial charge in [-0.15, -0.1) is 0 Å². The summed E-state index contributed by atoms with van der Waals surface area (Å²) in [7, 11) is 0. The third kappa shape index (κ3) is 5.06. The number of amides is 1. The number of aryl methyl sites for hydroxylation is 1. The van der Waals surface area contributed by atoms with Crippen LogP contribution in [0.4, 0.5) is 5.69 Å². The van der Waals surface area contributed by atoms with Crippen molar-refractivity contribution in [1.82, 2.24) is 4.90 Å². The van der Waals surface area contributed by atoms with E-state index in [-0.39, 0.29) is 11.8 Å². The van der Waals surface area contributed by atoms with Gasteiger partial charge in [0.1, 0.15) is 0 Å². The van der Waals surface area contributed by atoms with Crippen molar-refractivity contribution in [1.29, 1.82) is 0 Å². The van der Waals surface area contributed by atoms with Crippen LogP contribution in [0.3, 0.4) is 0 Å². The summed E-state index contributed by atoms with van der Waals surface area (Å²) in [4.78, 5) is 15.0. The van der Waals surface area contributed by atoms with Crippen molar-refractivity contribution >= 4 is 39.1 Å². The number of hydrogen-bond acceptors (Lipinski definition) is 2. The Kier molecular flexibility index (Phi) is 6.15. The van der Waals surface area contributed by atoms with Gasteiger partial charge in [-0.05, 0) is 67.8 Å². The van der Waals surface area contributed by atoms with Crippen molar-refractivity contribution in [2.75, 3.05) is 18.4 Å². The molecule has 5 heteroatoms. The fraction of sp³-hybridized carbons (Fsp3) is 0.350. The minimum atomic E-state index is 0.0271. The maximum Gasteiger partial charge on any atom is 0.228 e. The van der Waals surface area contributed by atoms with Crippen LogP contribution < -0.4 is 5.32 Å². The average Bonchev–Trinajstić information content (AvgIpc) is 2.60. The average molecular weight is 422 g/mol. The summed E-state index contributed by atoms with van der Waals surface area (Å²) in [6.45, 7) is 4.69. The van der Waals surface area contributed by atoms with E-state index in [0.29, 0.717) is 5.02 Å². The van der Waals surface area contributed by atoms with E-state index in [1.807, 2.05) is 25.1 Å². The molecule has 1 amide bonds. The predicted molar refractivity (Wildman–Crippen MR) is 107 cm³/mol. The maximum atomic E-state index is 12.7. The molecule has 132 valence electrons. The van der Waals surface area contributed by atoms with Gasteiger partial charge in [0.05, 0.1) is 5.92 Å². The molecule has 1 unspecified atom stereocenters. The molecule has 0 aromatic heterocycles. The Labute approximate surface area is 162 Å². The first-order valence-corrected chi connectivity index (χ1v) is 9.72.